The molecule has 4 nitrogen and oxygen atoms in total. The van der Waals surface area contributed by atoms with Gasteiger partial charge in [0.1, 0.15) is 11.9 Å². The molecule has 1 aliphatic rings. The SMILES string of the molecule is CCN(CC1Cc2ccccc2O1)CC(C)C(=O)O. The van der Waals surface area contributed by atoms with Gasteiger partial charge >= 0.3 is 5.97 Å². The zero-order valence-electron chi connectivity index (χ0n) is 11.5. The number of benzene rings is 1. The summed E-state index contributed by atoms with van der Waals surface area (Å²) in [5.74, 6) is -0.118. The van der Waals surface area contributed by atoms with Gasteiger partial charge in [-0.15, -0.1) is 0 Å². The molecule has 19 heavy (non-hydrogen) atoms. The Bertz CT molecular complexity index is 422. The zero-order chi connectivity index (χ0) is 13.8. The van der Waals surface area contributed by atoms with Crippen LogP contribution in [0.4, 0.5) is 0 Å². The third kappa shape index (κ3) is 3.47. The average molecular weight is 263 g/mol. The lowest BCUT2D eigenvalue weighted by Gasteiger charge is -2.25. The van der Waals surface area contributed by atoms with Crippen molar-refractivity contribution in [2.24, 2.45) is 5.92 Å². The third-order valence-electron chi connectivity index (χ3n) is 3.58. The fourth-order valence-corrected chi connectivity index (χ4v) is 2.44. The number of para-hydroxylation sites is 1. The molecule has 104 valence electrons. The van der Waals surface area contributed by atoms with Crippen molar-refractivity contribution < 1.29 is 14.6 Å². The van der Waals surface area contributed by atoms with E-state index in [9.17, 15) is 4.79 Å². The monoisotopic (exact) mass is 263 g/mol. The van der Waals surface area contributed by atoms with Gasteiger partial charge in [-0.05, 0) is 18.2 Å². The Labute approximate surface area is 114 Å². The van der Waals surface area contributed by atoms with E-state index in [-0.39, 0.29) is 12.0 Å². The fourth-order valence-electron chi connectivity index (χ4n) is 2.44. The topological polar surface area (TPSA) is 49.8 Å². The molecule has 0 fully saturated rings. The third-order valence-corrected chi connectivity index (χ3v) is 3.58. The van der Waals surface area contributed by atoms with Crippen LogP contribution in [0.5, 0.6) is 5.75 Å². The Kier molecular flexibility index (Phi) is 4.43. The van der Waals surface area contributed by atoms with E-state index in [1.807, 2.05) is 18.2 Å². The first kappa shape index (κ1) is 13.9. The average Bonchev–Trinajstić information content (AvgIpc) is 2.79. The molecule has 0 spiro atoms. The number of nitrogens with zero attached hydrogens (tertiary/aromatic N) is 1. The Balaban J connectivity index is 1.89. The van der Waals surface area contributed by atoms with E-state index in [0.717, 1.165) is 25.3 Å². The van der Waals surface area contributed by atoms with Gasteiger partial charge in [0.2, 0.25) is 0 Å². The molecule has 0 amide bonds. The van der Waals surface area contributed by atoms with Crippen LogP contribution in [0.1, 0.15) is 19.4 Å². The predicted molar refractivity (Wildman–Crippen MR) is 73.5 cm³/mol. The summed E-state index contributed by atoms with van der Waals surface area (Å²) in [7, 11) is 0. The number of rotatable bonds is 6. The highest BCUT2D eigenvalue weighted by atomic mass is 16.5. The molecule has 1 aromatic rings. The van der Waals surface area contributed by atoms with Gasteiger partial charge in [0.05, 0.1) is 5.92 Å². The van der Waals surface area contributed by atoms with Gasteiger partial charge in [0.15, 0.2) is 0 Å². The maximum Gasteiger partial charge on any atom is 0.307 e. The van der Waals surface area contributed by atoms with Crippen LogP contribution >= 0.6 is 0 Å². The van der Waals surface area contributed by atoms with Crippen LogP contribution in [0, 0.1) is 5.92 Å². The van der Waals surface area contributed by atoms with Crippen LogP contribution in [-0.4, -0.2) is 41.7 Å². The number of carbonyl (C=O) groups is 1. The van der Waals surface area contributed by atoms with Gasteiger partial charge in [-0.3, -0.25) is 9.69 Å². The lowest BCUT2D eigenvalue weighted by Crippen LogP contribution is -2.38. The molecule has 1 N–H and O–H groups in total. The maximum absolute atomic E-state index is 10.9. The summed E-state index contributed by atoms with van der Waals surface area (Å²) in [6.07, 6.45) is 1.05. The van der Waals surface area contributed by atoms with E-state index in [0.29, 0.717) is 6.54 Å². The second kappa shape index (κ2) is 6.06. The van der Waals surface area contributed by atoms with Crippen molar-refractivity contribution >= 4 is 5.97 Å². The molecule has 2 unspecified atom stereocenters. The first-order chi connectivity index (χ1) is 9.10. The summed E-state index contributed by atoms with van der Waals surface area (Å²) in [6.45, 7) is 5.99. The summed E-state index contributed by atoms with van der Waals surface area (Å²) in [6, 6.07) is 8.08. The van der Waals surface area contributed by atoms with Gasteiger partial charge in [-0.2, -0.15) is 0 Å². The van der Waals surface area contributed by atoms with E-state index < -0.39 is 5.97 Å². The number of fused-ring (bicyclic) bond motifs is 1. The van der Waals surface area contributed by atoms with Gasteiger partial charge in [-0.1, -0.05) is 32.0 Å². The summed E-state index contributed by atoms with van der Waals surface area (Å²) in [4.78, 5) is 13.1. The predicted octanol–water partition coefficient (Wildman–Crippen LogP) is 2.03. The summed E-state index contributed by atoms with van der Waals surface area (Å²) >= 11 is 0. The first-order valence-electron chi connectivity index (χ1n) is 6.80. The van der Waals surface area contributed by atoms with E-state index >= 15 is 0 Å². The standard InChI is InChI=1S/C15H21NO3/c1-3-16(9-11(2)15(17)18)10-13-8-12-6-4-5-7-14(12)19-13/h4-7,11,13H,3,8-10H2,1-2H3,(H,17,18). The highest BCUT2D eigenvalue weighted by molar-refractivity contribution is 5.69. The molecule has 0 aromatic heterocycles. The Morgan fingerprint density at radius 1 is 1.53 bits per heavy atom. The van der Waals surface area contributed by atoms with E-state index in [4.69, 9.17) is 9.84 Å². The lowest BCUT2D eigenvalue weighted by atomic mass is 10.1. The minimum atomic E-state index is -0.742. The lowest BCUT2D eigenvalue weighted by molar-refractivity contribution is -0.141. The largest absolute Gasteiger partial charge is 0.488 e. The maximum atomic E-state index is 10.9. The molecule has 2 atom stereocenters. The summed E-state index contributed by atoms with van der Waals surface area (Å²) < 4.78 is 5.89. The van der Waals surface area contributed by atoms with Crippen molar-refractivity contribution in [1.29, 1.82) is 0 Å². The van der Waals surface area contributed by atoms with Crippen LogP contribution in [0.2, 0.25) is 0 Å². The molecule has 1 heterocycles. The molecule has 0 saturated carbocycles. The molecule has 2 rings (SSSR count). The van der Waals surface area contributed by atoms with E-state index in [1.54, 1.807) is 6.92 Å². The Morgan fingerprint density at radius 3 is 2.89 bits per heavy atom. The smallest absolute Gasteiger partial charge is 0.307 e. The molecular formula is C15H21NO3. The molecule has 0 radical (unpaired) electrons. The Morgan fingerprint density at radius 2 is 2.26 bits per heavy atom. The van der Waals surface area contributed by atoms with Crippen molar-refractivity contribution in [2.75, 3.05) is 19.6 Å². The van der Waals surface area contributed by atoms with Crippen molar-refractivity contribution in [3.63, 3.8) is 0 Å². The zero-order valence-corrected chi connectivity index (χ0v) is 11.5. The quantitative estimate of drug-likeness (QED) is 0.853. The number of carboxylic acid groups (broad SMARTS) is 1. The summed E-state index contributed by atoms with van der Waals surface area (Å²) in [5, 5.41) is 8.97. The van der Waals surface area contributed by atoms with Crippen LogP contribution in [0.25, 0.3) is 0 Å². The van der Waals surface area contributed by atoms with Gasteiger partial charge in [0, 0.05) is 19.5 Å². The summed E-state index contributed by atoms with van der Waals surface area (Å²) in [5.41, 5.74) is 1.25. The number of hydrogen-bond donors (Lipinski definition) is 1. The van der Waals surface area contributed by atoms with Crippen LogP contribution < -0.4 is 4.74 Å². The van der Waals surface area contributed by atoms with Crippen LogP contribution in [-0.2, 0) is 11.2 Å². The molecule has 1 aliphatic heterocycles. The highest BCUT2D eigenvalue weighted by Crippen LogP contribution is 2.28. The molecular weight excluding hydrogens is 242 g/mol. The molecule has 0 saturated heterocycles. The van der Waals surface area contributed by atoms with Crippen molar-refractivity contribution in [1.82, 2.24) is 4.90 Å². The Hall–Kier alpha value is -1.55. The minimum absolute atomic E-state index is 0.137. The molecule has 4 heteroatoms. The van der Waals surface area contributed by atoms with Crippen LogP contribution in [0.3, 0.4) is 0 Å². The van der Waals surface area contributed by atoms with Crippen molar-refractivity contribution in [2.45, 2.75) is 26.4 Å². The van der Waals surface area contributed by atoms with Gasteiger partial charge in [-0.25, -0.2) is 0 Å². The number of carboxylic acids is 1. The van der Waals surface area contributed by atoms with Crippen molar-refractivity contribution in [3.05, 3.63) is 29.8 Å². The van der Waals surface area contributed by atoms with Crippen molar-refractivity contribution in [3.8, 4) is 5.75 Å². The normalized spacial score (nSPS) is 19.0. The second-order valence-corrected chi connectivity index (χ2v) is 5.14. The first-order valence-corrected chi connectivity index (χ1v) is 6.80. The van der Waals surface area contributed by atoms with Gasteiger partial charge < -0.3 is 9.84 Å². The number of likely N-dealkylation sites (N-methyl/N-ethyl adjacent to an activating group) is 1. The minimum Gasteiger partial charge on any atom is -0.488 e. The molecule has 1 aromatic carbocycles. The highest BCUT2D eigenvalue weighted by Gasteiger charge is 2.25. The fraction of sp³-hybridized carbons (Fsp3) is 0.533. The second-order valence-electron chi connectivity index (χ2n) is 5.14. The van der Waals surface area contributed by atoms with Crippen LogP contribution in [0.15, 0.2) is 24.3 Å². The van der Waals surface area contributed by atoms with Gasteiger partial charge in [0.25, 0.3) is 0 Å². The number of ether oxygens (including phenoxy) is 1. The molecule has 0 aliphatic carbocycles. The van der Waals surface area contributed by atoms with E-state index in [1.165, 1.54) is 5.56 Å². The van der Waals surface area contributed by atoms with E-state index in [2.05, 4.69) is 17.9 Å². The number of aliphatic carboxylic acids is 1. The molecule has 0 bridgehead atoms. The number of hydrogen-bond acceptors (Lipinski definition) is 3.